The van der Waals surface area contributed by atoms with Crippen LogP contribution < -0.4 is 0 Å². The van der Waals surface area contributed by atoms with Crippen LogP contribution in [0.3, 0.4) is 0 Å². The van der Waals surface area contributed by atoms with Gasteiger partial charge in [-0.1, -0.05) is 11.6 Å². The Morgan fingerprint density at radius 3 is 3.00 bits per heavy atom. The van der Waals surface area contributed by atoms with Crippen molar-refractivity contribution in [3.63, 3.8) is 0 Å². The smallest absolute Gasteiger partial charge is 0.183 e. The zero-order valence-corrected chi connectivity index (χ0v) is 9.44. The Kier molecular flexibility index (Phi) is 3.34. The van der Waals surface area contributed by atoms with Crippen molar-refractivity contribution in [2.45, 2.75) is 10.8 Å². The van der Waals surface area contributed by atoms with Crippen LogP contribution in [0.25, 0.3) is 0 Å². The van der Waals surface area contributed by atoms with Crippen LogP contribution in [-0.2, 0) is 5.75 Å². The minimum absolute atomic E-state index is 0.586. The zero-order chi connectivity index (χ0) is 9.80. The summed E-state index contributed by atoms with van der Waals surface area (Å²) in [6.45, 7) is 0. The molecular formula is C8H6ClN3S2. The highest BCUT2D eigenvalue weighted by Crippen LogP contribution is 2.25. The number of thioether (sulfide) groups is 1. The van der Waals surface area contributed by atoms with Crippen molar-refractivity contribution in [3.8, 4) is 0 Å². The van der Waals surface area contributed by atoms with Crippen molar-refractivity contribution in [3.05, 3.63) is 34.1 Å². The van der Waals surface area contributed by atoms with Crippen LogP contribution in [-0.4, -0.2) is 15.0 Å². The van der Waals surface area contributed by atoms with E-state index >= 15 is 0 Å². The molecule has 0 fully saturated rings. The number of hydrogen-bond donors (Lipinski definition) is 0. The molecule has 0 unspecified atom stereocenters. The molecule has 14 heavy (non-hydrogen) atoms. The second kappa shape index (κ2) is 4.72. The van der Waals surface area contributed by atoms with E-state index in [1.165, 1.54) is 11.3 Å². The van der Waals surface area contributed by atoms with E-state index in [-0.39, 0.29) is 0 Å². The third-order valence-electron chi connectivity index (χ3n) is 1.44. The molecule has 0 radical (unpaired) electrons. The van der Waals surface area contributed by atoms with Crippen molar-refractivity contribution < 1.29 is 0 Å². The molecule has 2 aromatic rings. The fourth-order valence-corrected chi connectivity index (χ4v) is 2.69. The van der Waals surface area contributed by atoms with Crippen LogP contribution in [0, 0.1) is 0 Å². The summed E-state index contributed by atoms with van der Waals surface area (Å²) in [4.78, 5) is 13.1. The van der Waals surface area contributed by atoms with E-state index in [0.717, 1.165) is 15.7 Å². The second-order valence-electron chi connectivity index (χ2n) is 2.42. The molecule has 0 saturated carbocycles. The molecule has 2 heterocycles. The Hall–Kier alpha value is -0.650. The third-order valence-corrected chi connectivity index (χ3v) is 3.73. The van der Waals surface area contributed by atoms with Crippen LogP contribution in [0.5, 0.6) is 0 Å². The molecule has 0 N–H and O–H groups in total. The summed E-state index contributed by atoms with van der Waals surface area (Å²) in [7, 11) is 0. The average Bonchev–Trinajstić information content (AvgIpc) is 2.63. The topological polar surface area (TPSA) is 38.7 Å². The van der Waals surface area contributed by atoms with Crippen LogP contribution in [0.1, 0.15) is 4.88 Å². The molecule has 0 aliphatic heterocycles. The highest BCUT2D eigenvalue weighted by Gasteiger charge is 2.00. The fraction of sp³-hybridized carbons (Fsp3) is 0.125. The lowest BCUT2D eigenvalue weighted by molar-refractivity contribution is 1.05. The lowest BCUT2D eigenvalue weighted by atomic mass is 10.6. The summed E-state index contributed by atoms with van der Waals surface area (Å²) in [5, 5.41) is 0.963. The largest absolute Gasteiger partial charge is 0.245 e. The van der Waals surface area contributed by atoms with Gasteiger partial charge in [-0.2, -0.15) is 0 Å². The monoisotopic (exact) mass is 243 g/mol. The Morgan fingerprint density at radius 2 is 2.36 bits per heavy atom. The molecule has 2 aromatic heterocycles. The molecule has 6 heteroatoms. The predicted molar refractivity (Wildman–Crippen MR) is 58.7 cm³/mol. The zero-order valence-electron chi connectivity index (χ0n) is 7.05. The minimum atomic E-state index is 0.586. The fourth-order valence-electron chi connectivity index (χ4n) is 0.859. The van der Waals surface area contributed by atoms with Gasteiger partial charge in [0.25, 0.3) is 0 Å². The Balaban J connectivity index is 1.95. The van der Waals surface area contributed by atoms with Crippen molar-refractivity contribution in [1.82, 2.24) is 15.0 Å². The van der Waals surface area contributed by atoms with Gasteiger partial charge in [0.15, 0.2) is 4.47 Å². The van der Waals surface area contributed by atoms with E-state index in [4.69, 9.17) is 11.6 Å². The van der Waals surface area contributed by atoms with Crippen LogP contribution in [0.15, 0.2) is 29.8 Å². The van der Waals surface area contributed by atoms with Gasteiger partial charge in [-0.15, -0.1) is 23.1 Å². The molecule has 3 nitrogen and oxygen atoms in total. The average molecular weight is 244 g/mol. The molecule has 0 aliphatic carbocycles. The van der Waals surface area contributed by atoms with E-state index in [9.17, 15) is 0 Å². The van der Waals surface area contributed by atoms with Gasteiger partial charge >= 0.3 is 0 Å². The summed E-state index contributed by atoms with van der Waals surface area (Å²) in [5.41, 5.74) is 0. The molecule has 2 rings (SSSR count). The maximum atomic E-state index is 5.71. The van der Waals surface area contributed by atoms with Gasteiger partial charge in [-0.05, 0) is 6.07 Å². The summed E-state index contributed by atoms with van der Waals surface area (Å²) in [6.07, 6.45) is 5.07. The van der Waals surface area contributed by atoms with Gasteiger partial charge in [-0.25, -0.2) is 15.0 Å². The Labute approximate surface area is 94.6 Å². The first-order valence-electron chi connectivity index (χ1n) is 3.83. The molecule has 0 aliphatic rings. The maximum Gasteiger partial charge on any atom is 0.183 e. The van der Waals surface area contributed by atoms with Crippen LogP contribution >= 0.6 is 34.7 Å². The lowest BCUT2D eigenvalue weighted by Crippen LogP contribution is -1.80. The van der Waals surface area contributed by atoms with Crippen LogP contribution in [0.2, 0.25) is 4.47 Å². The standard InChI is InChI=1S/C8H6ClN3S2/c9-8-11-3-6(14-8)4-13-7-1-2-10-5-12-7/h1-3,5H,4H2. The number of rotatable bonds is 3. The van der Waals surface area contributed by atoms with Crippen LogP contribution in [0.4, 0.5) is 0 Å². The SMILES string of the molecule is Clc1ncc(CSc2ccncn2)s1. The molecular weight excluding hydrogens is 238 g/mol. The molecule has 0 atom stereocenters. The third kappa shape index (κ3) is 2.67. The molecule has 0 bridgehead atoms. The highest BCUT2D eigenvalue weighted by molar-refractivity contribution is 7.98. The van der Waals surface area contributed by atoms with Gasteiger partial charge in [-0.3, -0.25) is 0 Å². The van der Waals surface area contributed by atoms with Crippen molar-refractivity contribution in [2.24, 2.45) is 0 Å². The molecule has 0 amide bonds. The number of nitrogens with zero attached hydrogens (tertiary/aromatic N) is 3. The first kappa shape index (κ1) is 9.89. The normalized spacial score (nSPS) is 10.4. The first-order valence-corrected chi connectivity index (χ1v) is 6.01. The number of thiazole rings is 1. The lowest BCUT2D eigenvalue weighted by Gasteiger charge is -1.95. The number of hydrogen-bond acceptors (Lipinski definition) is 5. The van der Waals surface area contributed by atoms with Gasteiger partial charge in [0, 0.05) is 23.0 Å². The van der Waals surface area contributed by atoms with E-state index < -0.39 is 0 Å². The van der Waals surface area contributed by atoms with E-state index in [2.05, 4.69) is 15.0 Å². The predicted octanol–water partition coefficient (Wildman–Crippen LogP) is 2.88. The quantitative estimate of drug-likeness (QED) is 0.614. The Bertz CT molecular complexity index is 404. The van der Waals surface area contributed by atoms with E-state index in [0.29, 0.717) is 4.47 Å². The minimum Gasteiger partial charge on any atom is -0.245 e. The number of halogens is 1. The molecule has 72 valence electrons. The second-order valence-corrected chi connectivity index (χ2v) is 5.11. The van der Waals surface area contributed by atoms with E-state index in [1.54, 1.807) is 30.5 Å². The summed E-state index contributed by atoms with van der Waals surface area (Å²) in [6, 6.07) is 1.88. The number of aromatic nitrogens is 3. The first-order chi connectivity index (χ1) is 6.84. The van der Waals surface area contributed by atoms with Crippen molar-refractivity contribution in [1.29, 1.82) is 0 Å². The highest BCUT2D eigenvalue weighted by atomic mass is 35.5. The van der Waals surface area contributed by atoms with Gasteiger partial charge < -0.3 is 0 Å². The maximum absolute atomic E-state index is 5.71. The summed E-state index contributed by atoms with van der Waals surface area (Å²) >= 11 is 8.86. The van der Waals surface area contributed by atoms with Gasteiger partial charge in [0.05, 0.1) is 5.03 Å². The summed E-state index contributed by atoms with van der Waals surface area (Å²) < 4.78 is 0.586. The van der Waals surface area contributed by atoms with E-state index in [1.807, 2.05) is 6.07 Å². The van der Waals surface area contributed by atoms with Gasteiger partial charge in [0.1, 0.15) is 6.33 Å². The Morgan fingerprint density at radius 1 is 1.43 bits per heavy atom. The van der Waals surface area contributed by atoms with Crippen molar-refractivity contribution in [2.75, 3.05) is 0 Å². The van der Waals surface area contributed by atoms with Crippen molar-refractivity contribution >= 4 is 34.7 Å². The van der Waals surface area contributed by atoms with Gasteiger partial charge in [0.2, 0.25) is 0 Å². The molecule has 0 saturated heterocycles. The molecule has 0 spiro atoms. The summed E-state index contributed by atoms with van der Waals surface area (Å²) in [5.74, 6) is 0.849. The molecule has 0 aromatic carbocycles.